The smallest absolute Gasteiger partial charge is 0.273 e. The molecule has 3 aromatic rings. The molecular formula is C13H13N7O. The third kappa shape index (κ3) is 2.78. The second-order valence-electron chi connectivity index (χ2n) is 4.48. The first-order chi connectivity index (χ1) is 10.2. The summed E-state index contributed by atoms with van der Waals surface area (Å²) in [6.07, 6.45) is 4.50. The number of hydrogen-bond donors (Lipinski definition) is 2. The van der Waals surface area contributed by atoms with Gasteiger partial charge in [0, 0.05) is 0 Å². The van der Waals surface area contributed by atoms with Crippen molar-refractivity contribution in [3.8, 4) is 5.69 Å². The Kier molecular flexibility index (Phi) is 3.42. The van der Waals surface area contributed by atoms with Crippen molar-refractivity contribution in [2.24, 2.45) is 0 Å². The van der Waals surface area contributed by atoms with Gasteiger partial charge in [-0.15, -0.1) is 0 Å². The highest BCUT2D eigenvalue weighted by atomic mass is 16.2. The van der Waals surface area contributed by atoms with Gasteiger partial charge in [0.15, 0.2) is 5.69 Å². The van der Waals surface area contributed by atoms with Gasteiger partial charge in [0.1, 0.15) is 12.7 Å². The fourth-order valence-corrected chi connectivity index (χ4v) is 1.92. The molecule has 2 N–H and O–H groups in total. The van der Waals surface area contributed by atoms with E-state index in [1.807, 2.05) is 31.2 Å². The second-order valence-corrected chi connectivity index (χ2v) is 4.48. The zero-order chi connectivity index (χ0) is 14.7. The van der Waals surface area contributed by atoms with Crippen molar-refractivity contribution in [2.75, 3.05) is 0 Å². The SMILES string of the molecule is CC(NC(=O)c1cn[nH]n1)c1ccc(-n2cncn2)cc1. The number of amides is 1. The van der Waals surface area contributed by atoms with E-state index in [2.05, 4.69) is 30.8 Å². The van der Waals surface area contributed by atoms with E-state index in [-0.39, 0.29) is 17.6 Å². The number of nitrogens with one attached hydrogen (secondary N) is 2. The first-order valence-corrected chi connectivity index (χ1v) is 6.35. The van der Waals surface area contributed by atoms with Crippen LogP contribution in [-0.4, -0.2) is 36.1 Å². The van der Waals surface area contributed by atoms with Gasteiger partial charge in [0.05, 0.1) is 17.9 Å². The van der Waals surface area contributed by atoms with Crippen LogP contribution >= 0.6 is 0 Å². The number of aromatic nitrogens is 6. The quantitative estimate of drug-likeness (QED) is 0.740. The normalized spacial score (nSPS) is 12.0. The maximum absolute atomic E-state index is 11.9. The number of hydrogen-bond acceptors (Lipinski definition) is 5. The topological polar surface area (TPSA) is 101 Å². The van der Waals surface area contributed by atoms with Gasteiger partial charge in [-0.1, -0.05) is 12.1 Å². The number of benzene rings is 1. The number of rotatable bonds is 4. The van der Waals surface area contributed by atoms with E-state index in [0.29, 0.717) is 0 Å². The number of carbonyl (C=O) groups is 1. The summed E-state index contributed by atoms with van der Waals surface area (Å²) in [5.74, 6) is -0.267. The summed E-state index contributed by atoms with van der Waals surface area (Å²) in [4.78, 5) is 15.8. The Morgan fingerprint density at radius 2 is 2.14 bits per heavy atom. The fraction of sp³-hybridized carbons (Fsp3) is 0.154. The molecule has 1 unspecified atom stereocenters. The summed E-state index contributed by atoms with van der Waals surface area (Å²) < 4.78 is 1.67. The van der Waals surface area contributed by atoms with Gasteiger partial charge in [-0.05, 0) is 24.6 Å². The minimum Gasteiger partial charge on any atom is -0.344 e. The summed E-state index contributed by atoms with van der Waals surface area (Å²) >= 11 is 0. The Morgan fingerprint density at radius 1 is 1.33 bits per heavy atom. The van der Waals surface area contributed by atoms with Crippen LogP contribution in [0.4, 0.5) is 0 Å². The highest BCUT2D eigenvalue weighted by molar-refractivity contribution is 5.92. The summed E-state index contributed by atoms with van der Waals surface area (Å²) in [6, 6.07) is 7.57. The van der Waals surface area contributed by atoms with Crippen molar-refractivity contribution in [1.82, 2.24) is 35.5 Å². The molecule has 0 radical (unpaired) electrons. The fourth-order valence-electron chi connectivity index (χ4n) is 1.92. The second kappa shape index (κ2) is 5.53. The van der Waals surface area contributed by atoms with Crippen LogP contribution in [0.25, 0.3) is 5.69 Å². The van der Waals surface area contributed by atoms with Crippen LogP contribution in [-0.2, 0) is 0 Å². The molecule has 1 atom stereocenters. The molecule has 0 saturated carbocycles. The molecule has 0 aliphatic carbocycles. The minimum absolute atomic E-state index is 0.140. The van der Waals surface area contributed by atoms with Gasteiger partial charge < -0.3 is 5.32 Å². The van der Waals surface area contributed by atoms with E-state index in [9.17, 15) is 4.79 Å². The van der Waals surface area contributed by atoms with E-state index in [1.54, 1.807) is 11.0 Å². The van der Waals surface area contributed by atoms with Crippen molar-refractivity contribution in [3.63, 3.8) is 0 Å². The van der Waals surface area contributed by atoms with Gasteiger partial charge in [-0.3, -0.25) is 4.79 Å². The first kappa shape index (κ1) is 13.0. The third-order valence-corrected chi connectivity index (χ3v) is 3.07. The van der Waals surface area contributed by atoms with Gasteiger partial charge in [-0.25, -0.2) is 9.67 Å². The monoisotopic (exact) mass is 283 g/mol. The molecule has 0 aliphatic heterocycles. The molecule has 0 aliphatic rings. The summed E-state index contributed by atoms with van der Waals surface area (Å²) in [7, 11) is 0. The molecule has 3 rings (SSSR count). The van der Waals surface area contributed by atoms with Crippen LogP contribution in [0.1, 0.15) is 29.0 Å². The Bertz CT molecular complexity index is 704. The number of nitrogens with zero attached hydrogens (tertiary/aromatic N) is 5. The maximum atomic E-state index is 11.9. The van der Waals surface area contributed by atoms with Crippen molar-refractivity contribution in [3.05, 3.63) is 54.4 Å². The zero-order valence-electron chi connectivity index (χ0n) is 11.3. The predicted molar refractivity (Wildman–Crippen MR) is 73.6 cm³/mol. The average molecular weight is 283 g/mol. The third-order valence-electron chi connectivity index (χ3n) is 3.07. The molecule has 8 nitrogen and oxygen atoms in total. The van der Waals surface area contributed by atoms with E-state index < -0.39 is 0 Å². The summed E-state index contributed by atoms with van der Waals surface area (Å²) in [5, 5.41) is 16.7. The number of aromatic amines is 1. The van der Waals surface area contributed by atoms with Gasteiger partial charge in [0.2, 0.25) is 0 Å². The van der Waals surface area contributed by atoms with Crippen LogP contribution in [0.3, 0.4) is 0 Å². The molecule has 106 valence electrons. The van der Waals surface area contributed by atoms with Gasteiger partial charge in [-0.2, -0.15) is 20.5 Å². The van der Waals surface area contributed by atoms with Crippen molar-refractivity contribution in [2.45, 2.75) is 13.0 Å². The average Bonchev–Trinajstić information content (AvgIpc) is 3.20. The Hall–Kier alpha value is -3.03. The molecule has 2 aromatic heterocycles. The largest absolute Gasteiger partial charge is 0.344 e. The lowest BCUT2D eigenvalue weighted by Gasteiger charge is -2.13. The van der Waals surface area contributed by atoms with E-state index in [0.717, 1.165) is 11.3 Å². The van der Waals surface area contributed by atoms with E-state index >= 15 is 0 Å². The molecule has 0 spiro atoms. The van der Waals surface area contributed by atoms with E-state index in [1.165, 1.54) is 12.5 Å². The molecule has 21 heavy (non-hydrogen) atoms. The lowest BCUT2D eigenvalue weighted by Crippen LogP contribution is -2.26. The maximum Gasteiger partial charge on any atom is 0.273 e. The highest BCUT2D eigenvalue weighted by Gasteiger charge is 2.13. The molecule has 1 aromatic carbocycles. The van der Waals surface area contributed by atoms with Crippen molar-refractivity contribution < 1.29 is 4.79 Å². The zero-order valence-corrected chi connectivity index (χ0v) is 11.3. The van der Waals surface area contributed by atoms with Crippen LogP contribution in [0.15, 0.2) is 43.1 Å². The van der Waals surface area contributed by atoms with Crippen molar-refractivity contribution >= 4 is 5.91 Å². The molecule has 0 saturated heterocycles. The first-order valence-electron chi connectivity index (χ1n) is 6.35. The van der Waals surface area contributed by atoms with E-state index in [4.69, 9.17) is 0 Å². The lowest BCUT2D eigenvalue weighted by molar-refractivity contribution is 0.0935. The highest BCUT2D eigenvalue weighted by Crippen LogP contribution is 2.15. The molecule has 0 fully saturated rings. The van der Waals surface area contributed by atoms with Gasteiger partial charge in [0.25, 0.3) is 5.91 Å². The number of carbonyl (C=O) groups excluding carboxylic acids is 1. The van der Waals surface area contributed by atoms with Crippen molar-refractivity contribution in [1.29, 1.82) is 0 Å². The molecule has 2 heterocycles. The standard InChI is InChI=1S/C13H13N7O/c1-9(17-13(21)12-6-15-19-18-12)10-2-4-11(5-3-10)20-8-14-7-16-20/h2-9H,1H3,(H,17,21)(H,15,18,19). The van der Waals surface area contributed by atoms with Crippen LogP contribution < -0.4 is 5.32 Å². The molecule has 8 heteroatoms. The predicted octanol–water partition coefficient (Wildman–Crippen LogP) is 0.876. The Balaban J connectivity index is 1.70. The molecule has 1 amide bonds. The number of H-pyrrole nitrogens is 1. The Labute approximate surface area is 120 Å². The van der Waals surface area contributed by atoms with Gasteiger partial charge >= 0.3 is 0 Å². The summed E-state index contributed by atoms with van der Waals surface area (Å²) in [6.45, 7) is 1.91. The Morgan fingerprint density at radius 3 is 2.76 bits per heavy atom. The summed E-state index contributed by atoms with van der Waals surface area (Å²) in [5.41, 5.74) is 2.16. The lowest BCUT2D eigenvalue weighted by atomic mass is 10.1. The van der Waals surface area contributed by atoms with Crippen LogP contribution in [0.5, 0.6) is 0 Å². The molecule has 0 bridgehead atoms. The molecular weight excluding hydrogens is 270 g/mol. The van der Waals surface area contributed by atoms with Crippen LogP contribution in [0, 0.1) is 0 Å². The minimum atomic E-state index is -0.267. The van der Waals surface area contributed by atoms with Crippen LogP contribution in [0.2, 0.25) is 0 Å².